The SMILES string of the molecule is CC1CC(C)CN(c2cc(C(=O)O)ccc2N)C1. The minimum Gasteiger partial charge on any atom is -0.478 e. The highest BCUT2D eigenvalue weighted by Gasteiger charge is 2.23. The maximum atomic E-state index is 11.0. The van der Waals surface area contributed by atoms with E-state index in [4.69, 9.17) is 10.8 Å². The van der Waals surface area contributed by atoms with Crippen LogP contribution in [0.15, 0.2) is 18.2 Å². The van der Waals surface area contributed by atoms with E-state index >= 15 is 0 Å². The molecule has 1 fully saturated rings. The number of piperidine rings is 1. The van der Waals surface area contributed by atoms with Gasteiger partial charge in [-0.1, -0.05) is 13.8 Å². The standard InChI is InChI=1S/C14H20N2O2/c1-9-5-10(2)8-16(7-9)13-6-11(14(17)18)3-4-12(13)15/h3-4,6,9-10H,5,7-8,15H2,1-2H3,(H,17,18). The van der Waals surface area contributed by atoms with Crippen molar-refractivity contribution in [2.45, 2.75) is 20.3 Å². The maximum Gasteiger partial charge on any atom is 0.335 e. The van der Waals surface area contributed by atoms with Gasteiger partial charge < -0.3 is 15.7 Å². The van der Waals surface area contributed by atoms with Crippen LogP contribution in [0.5, 0.6) is 0 Å². The molecule has 4 nitrogen and oxygen atoms in total. The van der Waals surface area contributed by atoms with Gasteiger partial charge in [-0.05, 0) is 36.5 Å². The second kappa shape index (κ2) is 4.88. The average molecular weight is 248 g/mol. The molecule has 4 heteroatoms. The fourth-order valence-electron chi connectivity index (χ4n) is 2.81. The summed E-state index contributed by atoms with van der Waals surface area (Å²) in [4.78, 5) is 13.2. The molecule has 0 aromatic heterocycles. The van der Waals surface area contributed by atoms with E-state index in [1.165, 1.54) is 6.42 Å². The van der Waals surface area contributed by atoms with E-state index in [1.807, 2.05) is 0 Å². The molecule has 1 aromatic carbocycles. The van der Waals surface area contributed by atoms with Gasteiger partial charge in [-0.3, -0.25) is 0 Å². The molecule has 0 spiro atoms. The monoisotopic (exact) mass is 248 g/mol. The molecule has 18 heavy (non-hydrogen) atoms. The van der Waals surface area contributed by atoms with Crippen LogP contribution in [0.4, 0.5) is 11.4 Å². The summed E-state index contributed by atoms with van der Waals surface area (Å²) in [6.45, 7) is 6.33. The topological polar surface area (TPSA) is 66.6 Å². The van der Waals surface area contributed by atoms with E-state index in [1.54, 1.807) is 18.2 Å². The van der Waals surface area contributed by atoms with Gasteiger partial charge in [0.25, 0.3) is 0 Å². The summed E-state index contributed by atoms with van der Waals surface area (Å²) in [6.07, 6.45) is 1.22. The number of anilines is 2. The molecule has 0 radical (unpaired) electrons. The highest BCUT2D eigenvalue weighted by Crippen LogP contribution is 2.30. The number of benzene rings is 1. The Bertz CT molecular complexity index is 449. The Morgan fingerprint density at radius 3 is 2.50 bits per heavy atom. The van der Waals surface area contributed by atoms with Gasteiger partial charge >= 0.3 is 5.97 Å². The summed E-state index contributed by atoms with van der Waals surface area (Å²) in [5, 5.41) is 9.04. The summed E-state index contributed by atoms with van der Waals surface area (Å²) in [7, 11) is 0. The number of carboxylic acids is 1. The highest BCUT2D eigenvalue weighted by atomic mass is 16.4. The molecule has 1 saturated heterocycles. The molecular formula is C14H20N2O2. The molecule has 0 amide bonds. The molecule has 2 unspecified atom stereocenters. The molecule has 1 aliphatic heterocycles. The summed E-state index contributed by atoms with van der Waals surface area (Å²) >= 11 is 0. The number of aromatic carboxylic acids is 1. The van der Waals surface area contributed by atoms with Gasteiger partial charge in [0.15, 0.2) is 0 Å². The van der Waals surface area contributed by atoms with E-state index in [9.17, 15) is 4.79 Å². The van der Waals surface area contributed by atoms with E-state index < -0.39 is 5.97 Å². The van der Waals surface area contributed by atoms with E-state index in [0.717, 1.165) is 18.8 Å². The lowest BCUT2D eigenvalue weighted by molar-refractivity contribution is 0.0697. The first-order valence-electron chi connectivity index (χ1n) is 6.35. The lowest BCUT2D eigenvalue weighted by atomic mass is 9.91. The highest BCUT2D eigenvalue weighted by molar-refractivity contribution is 5.90. The lowest BCUT2D eigenvalue weighted by Crippen LogP contribution is -2.39. The lowest BCUT2D eigenvalue weighted by Gasteiger charge is -2.37. The third kappa shape index (κ3) is 2.58. The van der Waals surface area contributed by atoms with E-state index in [-0.39, 0.29) is 0 Å². The smallest absolute Gasteiger partial charge is 0.335 e. The number of hydrogen-bond acceptors (Lipinski definition) is 3. The molecule has 1 aromatic rings. The van der Waals surface area contributed by atoms with Gasteiger partial charge in [0.1, 0.15) is 0 Å². The number of carboxylic acid groups (broad SMARTS) is 1. The third-order valence-corrected chi connectivity index (χ3v) is 3.49. The normalized spacial score (nSPS) is 24.0. The van der Waals surface area contributed by atoms with Crippen molar-refractivity contribution in [2.75, 3.05) is 23.7 Å². The van der Waals surface area contributed by atoms with Crippen molar-refractivity contribution in [2.24, 2.45) is 11.8 Å². The van der Waals surface area contributed by atoms with Gasteiger partial charge in [-0.15, -0.1) is 0 Å². The largest absolute Gasteiger partial charge is 0.478 e. The summed E-state index contributed by atoms with van der Waals surface area (Å²) in [5.41, 5.74) is 7.78. The Kier molecular flexibility index (Phi) is 3.45. The first-order valence-corrected chi connectivity index (χ1v) is 6.35. The van der Waals surface area contributed by atoms with Crippen molar-refractivity contribution in [3.63, 3.8) is 0 Å². The van der Waals surface area contributed by atoms with Crippen LogP contribution in [-0.4, -0.2) is 24.2 Å². The zero-order valence-electron chi connectivity index (χ0n) is 10.9. The number of nitrogens with zero attached hydrogens (tertiary/aromatic N) is 1. The minimum atomic E-state index is -0.908. The summed E-state index contributed by atoms with van der Waals surface area (Å²) in [6, 6.07) is 4.92. The number of nitrogen functional groups attached to an aromatic ring is 1. The van der Waals surface area contributed by atoms with Gasteiger partial charge in [0.2, 0.25) is 0 Å². The zero-order chi connectivity index (χ0) is 13.3. The van der Waals surface area contributed by atoms with Crippen molar-refractivity contribution in [3.8, 4) is 0 Å². The molecule has 0 bridgehead atoms. The second-order valence-corrected chi connectivity index (χ2v) is 5.43. The molecule has 98 valence electrons. The minimum absolute atomic E-state index is 0.296. The van der Waals surface area contributed by atoms with Gasteiger partial charge in [-0.2, -0.15) is 0 Å². The van der Waals surface area contributed by atoms with Crippen molar-refractivity contribution < 1.29 is 9.90 Å². The number of carbonyl (C=O) groups is 1. The van der Waals surface area contributed by atoms with Crippen molar-refractivity contribution in [3.05, 3.63) is 23.8 Å². The van der Waals surface area contributed by atoms with Crippen LogP contribution in [0.2, 0.25) is 0 Å². The number of nitrogens with two attached hydrogens (primary N) is 1. The first-order chi connectivity index (χ1) is 8.47. The predicted molar refractivity (Wildman–Crippen MR) is 73.0 cm³/mol. The summed E-state index contributed by atoms with van der Waals surface area (Å²) < 4.78 is 0. The molecule has 0 saturated carbocycles. The second-order valence-electron chi connectivity index (χ2n) is 5.43. The van der Waals surface area contributed by atoms with Crippen LogP contribution >= 0.6 is 0 Å². The Hall–Kier alpha value is -1.71. The molecule has 1 heterocycles. The van der Waals surface area contributed by atoms with Crippen molar-refractivity contribution in [1.82, 2.24) is 0 Å². The van der Waals surface area contributed by atoms with Crippen molar-refractivity contribution in [1.29, 1.82) is 0 Å². The summed E-state index contributed by atoms with van der Waals surface area (Å²) in [5.74, 6) is 0.317. The fraction of sp³-hybridized carbons (Fsp3) is 0.500. The van der Waals surface area contributed by atoms with Crippen LogP contribution in [0.3, 0.4) is 0 Å². The molecule has 2 rings (SSSR count). The molecule has 0 aliphatic carbocycles. The number of hydrogen-bond donors (Lipinski definition) is 2. The molecule has 3 N–H and O–H groups in total. The van der Waals surface area contributed by atoms with Crippen LogP contribution < -0.4 is 10.6 Å². The zero-order valence-corrected chi connectivity index (χ0v) is 10.9. The van der Waals surface area contributed by atoms with E-state index in [2.05, 4.69) is 18.7 Å². The van der Waals surface area contributed by atoms with E-state index in [0.29, 0.717) is 23.1 Å². The third-order valence-electron chi connectivity index (χ3n) is 3.49. The Morgan fingerprint density at radius 2 is 1.94 bits per heavy atom. The van der Waals surface area contributed by atoms with Gasteiger partial charge in [0.05, 0.1) is 16.9 Å². The Morgan fingerprint density at radius 1 is 1.33 bits per heavy atom. The number of rotatable bonds is 2. The first kappa shape index (κ1) is 12.7. The Balaban J connectivity index is 2.31. The maximum absolute atomic E-state index is 11.0. The van der Waals surface area contributed by atoms with Crippen LogP contribution in [0.1, 0.15) is 30.6 Å². The van der Waals surface area contributed by atoms with Gasteiger partial charge in [0, 0.05) is 13.1 Å². The van der Waals surface area contributed by atoms with Crippen LogP contribution in [0.25, 0.3) is 0 Å². The van der Waals surface area contributed by atoms with Crippen LogP contribution in [-0.2, 0) is 0 Å². The molecule has 1 aliphatic rings. The average Bonchev–Trinajstić information content (AvgIpc) is 2.27. The molecular weight excluding hydrogens is 228 g/mol. The van der Waals surface area contributed by atoms with Gasteiger partial charge in [-0.25, -0.2) is 4.79 Å². The van der Waals surface area contributed by atoms with Crippen LogP contribution in [0, 0.1) is 11.8 Å². The Labute approximate surface area is 107 Å². The van der Waals surface area contributed by atoms with Crippen molar-refractivity contribution >= 4 is 17.3 Å². The predicted octanol–water partition coefficient (Wildman–Crippen LogP) is 2.45. The molecule has 2 atom stereocenters. The quantitative estimate of drug-likeness (QED) is 0.789. The fourth-order valence-corrected chi connectivity index (χ4v) is 2.81.